The first-order valence-electron chi connectivity index (χ1n) is 12.6. The van der Waals surface area contributed by atoms with Gasteiger partial charge in [0.15, 0.2) is 0 Å². The molecule has 35 heavy (non-hydrogen) atoms. The number of benzene rings is 2. The van der Waals surface area contributed by atoms with E-state index >= 15 is 0 Å². The van der Waals surface area contributed by atoms with Crippen LogP contribution in [0.1, 0.15) is 54.4 Å². The lowest BCUT2D eigenvalue weighted by molar-refractivity contribution is -0.135. The van der Waals surface area contributed by atoms with Gasteiger partial charge in [0.1, 0.15) is 5.75 Å². The topological polar surface area (TPSA) is 87.7 Å². The van der Waals surface area contributed by atoms with Crippen LogP contribution in [0.15, 0.2) is 54.6 Å². The van der Waals surface area contributed by atoms with Gasteiger partial charge < -0.3 is 20.3 Å². The van der Waals surface area contributed by atoms with E-state index < -0.39 is 0 Å². The molecule has 0 aromatic heterocycles. The van der Waals surface area contributed by atoms with Crippen molar-refractivity contribution in [2.45, 2.75) is 57.0 Å². The van der Waals surface area contributed by atoms with Gasteiger partial charge in [-0.2, -0.15) is 0 Å². The van der Waals surface area contributed by atoms with Crippen LogP contribution in [0.5, 0.6) is 5.75 Å². The minimum absolute atomic E-state index is 0.0159. The van der Waals surface area contributed by atoms with Gasteiger partial charge in [-0.15, -0.1) is 0 Å². The predicted octanol–water partition coefficient (Wildman–Crippen LogP) is 3.33. The highest BCUT2D eigenvalue weighted by Gasteiger charge is 2.33. The lowest BCUT2D eigenvalue weighted by Crippen LogP contribution is -2.55. The third-order valence-corrected chi connectivity index (χ3v) is 7.11. The predicted molar refractivity (Wildman–Crippen MR) is 134 cm³/mol. The average molecular weight is 478 g/mol. The maximum Gasteiger partial charge on any atom is 0.251 e. The van der Waals surface area contributed by atoms with Crippen molar-refractivity contribution in [3.63, 3.8) is 0 Å². The molecule has 1 heterocycles. The Morgan fingerprint density at radius 1 is 0.886 bits per heavy atom. The zero-order valence-electron chi connectivity index (χ0n) is 20.4. The molecule has 1 aliphatic carbocycles. The van der Waals surface area contributed by atoms with E-state index in [-0.39, 0.29) is 35.7 Å². The summed E-state index contributed by atoms with van der Waals surface area (Å²) in [6.45, 7) is 1.15. The minimum Gasteiger partial charge on any atom is -0.497 e. The molecule has 0 bridgehead atoms. The van der Waals surface area contributed by atoms with Crippen molar-refractivity contribution in [3.05, 3.63) is 65.7 Å². The molecular formula is C28H35N3O4. The molecule has 7 nitrogen and oxygen atoms in total. The Hall–Kier alpha value is -3.35. The van der Waals surface area contributed by atoms with Crippen LogP contribution in [-0.2, 0) is 16.0 Å². The molecule has 1 saturated heterocycles. The van der Waals surface area contributed by atoms with Gasteiger partial charge in [-0.05, 0) is 55.5 Å². The SMILES string of the molecule is COc1ccc(C(=O)N[C@@H]2CCCC[C@H]2NC(=O)[C@H]2CCCN(C(=O)Cc3ccccc3)C2)cc1. The number of carbonyl (C=O) groups excluding carboxylic acids is 3. The summed E-state index contributed by atoms with van der Waals surface area (Å²) in [5, 5.41) is 6.34. The first-order chi connectivity index (χ1) is 17.0. The van der Waals surface area contributed by atoms with Gasteiger partial charge in [-0.25, -0.2) is 0 Å². The second-order valence-corrected chi connectivity index (χ2v) is 9.55. The van der Waals surface area contributed by atoms with E-state index in [0.717, 1.165) is 44.1 Å². The first-order valence-corrected chi connectivity index (χ1v) is 12.6. The van der Waals surface area contributed by atoms with Crippen molar-refractivity contribution in [1.82, 2.24) is 15.5 Å². The van der Waals surface area contributed by atoms with E-state index in [1.54, 1.807) is 31.4 Å². The van der Waals surface area contributed by atoms with Gasteiger partial charge >= 0.3 is 0 Å². The van der Waals surface area contributed by atoms with Crippen LogP contribution in [0.2, 0.25) is 0 Å². The van der Waals surface area contributed by atoms with E-state index in [1.807, 2.05) is 35.2 Å². The summed E-state index contributed by atoms with van der Waals surface area (Å²) in [6.07, 6.45) is 5.66. The summed E-state index contributed by atoms with van der Waals surface area (Å²) >= 11 is 0. The Balaban J connectivity index is 1.32. The van der Waals surface area contributed by atoms with Crippen LogP contribution in [0.3, 0.4) is 0 Å². The maximum atomic E-state index is 13.2. The van der Waals surface area contributed by atoms with Crippen LogP contribution >= 0.6 is 0 Å². The number of nitrogens with zero attached hydrogens (tertiary/aromatic N) is 1. The van der Waals surface area contributed by atoms with E-state index in [1.165, 1.54) is 0 Å². The molecule has 3 atom stereocenters. The zero-order chi connectivity index (χ0) is 24.6. The number of likely N-dealkylation sites (tertiary alicyclic amines) is 1. The Morgan fingerprint density at radius 2 is 1.57 bits per heavy atom. The second-order valence-electron chi connectivity index (χ2n) is 9.55. The van der Waals surface area contributed by atoms with Crippen LogP contribution in [0.4, 0.5) is 0 Å². The first kappa shape index (κ1) is 24.8. The van der Waals surface area contributed by atoms with Crippen molar-refractivity contribution in [2.75, 3.05) is 20.2 Å². The Morgan fingerprint density at radius 3 is 2.26 bits per heavy atom. The molecule has 1 aliphatic heterocycles. The van der Waals surface area contributed by atoms with Gasteiger partial charge in [0, 0.05) is 30.7 Å². The molecule has 2 fully saturated rings. The number of hydrogen-bond acceptors (Lipinski definition) is 4. The van der Waals surface area contributed by atoms with Crippen LogP contribution < -0.4 is 15.4 Å². The fourth-order valence-corrected chi connectivity index (χ4v) is 5.07. The molecule has 0 radical (unpaired) electrons. The van der Waals surface area contributed by atoms with Crippen LogP contribution in [0, 0.1) is 5.92 Å². The fourth-order valence-electron chi connectivity index (χ4n) is 5.07. The summed E-state index contributed by atoms with van der Waals surface area (Å²) in [5.41, 5.74) is 1.56. The number of carbonyl (C=O) groups is 3. The summed E-state index contributed by atoms with van der Waals surface area (Å²) in [7, 11) is 1.59. The van der Waals surface area contributed by atoms with Crippen molar-refractivity contribution in [1.29, 1.82) is 0 Å². The fraction of sp³-hybridized carbons (Fsp3) is 0.464. The summed E-state index contributed by atoms with van der Waals surface area (Å²) in [4.78, 5) is 40.6. The molecule has 1 saturated carbocycles. The van der Waals surface area contributed by atoms with Crippen molar-refractivity contribution < 1.29 is 19.1 Å². The maximum absolute atomic E-state index is 13.2. The van der Waals surface area contributed by atoms with Gasteiger partial charge in [0.25, 0.3) is 5.91 Å². The average Bonchev–Trinajstić information content (AvgIpc) is 2.90. The van der Waals surface area contributed by atoms with E-state index in [0.29, 0.717) is 30.8 Å². The monoisotopic (exact) mass is 477 g/mol. The number of amides is 3. The molecule has 2 aliphatic rings. The largest absolute Gasteiger partial charge is 0.497 e. The number of methoxy groups -OCH3 is 1. The highest BCUT2D eigenvalue weighted by Crippen LogP contribution is 2.22. The second kappa shape index (κ2) is 11.9. The number of piperidine rings is 1. The Kier molecular flexibility index (Phi) is 8.40. The van der Waals surface area contributed by atoms with Crippen LogP contribution in [-0.4, -0.2) is 54.9 Å². The van der Waals surface area contributed by atoms with Crippen molar-refractivity contribution in [2.24, 2.45) is 5.92 Å². The molecule has 0 spiro atoms. The molecule has 186 valence electrons. The third kappa shape index (κ3) is 6.62. The number of rotatable bonds is 7. The highest BCUT2D eigenvalue weighted by atomic mass is 16.5. The summed E-state index contributed by atoms with van der Waals surface area (Å²) < 4.78 is 5.17. The lowest BCUT2D eigenvalue weighted by atomic mass is 9.88. The zero-order valence-corrected chi connectivity index (χ0v) is 20.4. The standard InChI is InChI=1S/C28H35N3O4/c1-35-23-15-13-21(14-16-23)27(33)29-24-11-5-6-12-25(24)30-28(34)22-10-7-17-31(19-22)26(32)18-20-8-3-2-4-9-20/h2-4,8-9,13-16,22,24-25H,5-7,10-12,17-19H2,1H3,(H,29,33)(H,30,34)/t22-,24+,25+/m0/s1. The van der Waals surface area contributed by atoms with Crippen molar-refractivity contribution in [3.8, 4) is 5.75 Å². The van der Waals surface area contributed by atoms with E-state index in [9.17, 15) is 14.4 Å². The molecule has 2 aromatic rings. The normalized spacial score (nSPS) is 22.2. The van der Waals surface area contributed by atoms with Gasteiger partial charge in [0.2, 0.25) is 11.8 Å². The van der Waals surface area contributed by atoms with Gasteiger partial charge in [-0.3, -0.25) is 14.4 Å². The van der Waals surface area contributed by atoms with Crippen molar-refractivity contribution >= 4 is 17.7 Å². The number of nitrogens with one attached hydrogen (secondary N) is 2. The molecule has 2 aromatic carbocycles. The van der Waals surface area contributed by atoms with E-state index in [4.69, 9.17) is 4.74 Å². The third-order valence-electron chi connectivity index (χ3n) is 7.11. The Bertz CT molecular complexity index is 1010. The summed E-state index contributed by atoms with van der Waals surface area (Å²) in [5.74, 6) is 0.388. The smallest absolute Gasteiger partial charge is 0.251 e. The molecule has 4 rings (SSSR count). The quantitative estimate of drug-likeness (QED) is 0.640. The number of hydrogen-bond donors (Lipinski definition) is 2. The van der Waals surface area contributed by atoms with Gasteiger partial charge in [-0.1, -0.05) is 43.2 Å². The molecule has 2 N–H and O–H groups in total. The Labute approximate surface area is 207 Å². The van der Waals surface area contributed by atoms with Crippen LogP contribution in [0.25, 0.3) is 0 Å². The molecule has 7 heteroatoms. The summed E-state index contributed by atoms with van der Waals surface area (Å²) in [6, 6.07) is 16.5. The number of ether oxygens (including phenoxy) is 1. The van der Waals surface area contributed by atoms with Gasteiger partial charge in [0.05, 0.1) is 19.4 Å². The highest BCUT2D eigenvalue weighted by molar-refractivity contribution is 5.94. The molecule has 0 unspecified atom stereocenters. The minimum atomic E-state index is -0.219. The van der Waals surface area contributed by atoms with E-state index in [2.05, 4.69) is 10.6 Å². The molecule has 3 amide bonds. The lowest BCUT2D eigenvalue weighted by Gasteiger charge is -2.36. The molecular weight excluding hydrogens is 442 g/mol.